The lowest BCUT2D eigenvalue weighted by atomic mass is 9.89. The Labute approximate surface area is 154 Å². The number of aromatic nitrogens is 2. The highest BCUT2D eigenvalue weighted by atomic mass is 16.5. The molecule has 1 amide bonds. The molecule has 1 aliphatic carbocycles. The molecule has 1 fully saturated rings. The molecule has 0 aliphatic heterocycles. The van der Waals surface area contributed by atoms with E-state index in [9.17, 15) is 4.79 Å². The van der Waals surface area contributed by atoms with E-state index in [-0.39, 0.29) is 11.8 Å². The number of carbonyl (C=O) groups is 1. The highest BCUT2D eigenvalue weighted by molar-refractivity contribution is 5.79. The summed E-state index contributed by atoms with van der Waals surface area (Å²) in [4.78, 5) is 16.8. The molecule has 138 valence electrons. The minimum Gasteiger partial charge on any atom is -0.477 e. The van der Waals surface area contributed by atoms with Crippen LogP contribution in [0.25, 0.3) is 5.69 Å². The van der Waals surface area contributed by atoms with Crippen molar-refractivity contribution in [1.82, 2.24) is 9.78 Å². The molecule has 26 heavy (non-hydrogen) atoms. The summed E-state index contributed by atoms with van der Waals surface area (Å²) < 4.78 is 7.69. The molecule has 0 spiro atoms. The molecule has 0 N–H and O–H groups in total. The molecule has 0 atom stereocenters. The average molecular weight is 353 g/mol. The fraction of sp³-hybridized carbons (Fsp3) is 0.476. The van der Waals surface area contributed by atoms with Crippen LogP contribution < -0.4 is 10.1 Å². The van der Waals surface area contributed by atoms with Crippen molar-refractivity contribution in [3.63, 3.8) is 0 Å². The van der Waals surface area contributed by atoms with Gasteiger partial charge in [0.15, 0.2) is 0 Å². The lowest BCUT2D eigenvalue weighted by molar-refractivity contribution is -0.122. The van der Waals surface area contributed by atoms with Crippen molar-refractivity contribution in [1.29, 1.82) is 0 Å². The zero-order valence-electron chi connectivity index (χ0n) is 15.6. The number of amides is 1. The van der Waals surface area contributed by atoms with Crippen molar-refractivity contribution in [2.45, 2.75) is 46.0 Å². The zero-order chi connectivity index (χ0) is 18.4. The third-order valence-electron chi connectivity index (χ3n) is 4.54. The summed E-state index contributed by atoms with van der Waals surface area (Å²) >= 11 is 0. The first-order chi connectivity index (χ1) is 12.6. The lowest BCUT2D eigenvalue weighted by Crippen LogP contribution is -2.20. The quantitative estimate of drug-likeness (QED) is 0.819. The maximum Gasteiger partial charge on any atom is 0.249 e. The van der Waals surface area contributed by atoms with Gasteiger partial charge in [-0.05, 0) is 30.9 Å². The van der Waals surface area contributed by atoms with E-state index in [1.165, 1.54) is 6.42 Å². The number of para-hydroxylation sites is 1. The van der Waals surface area contributed by atoms with Gasteiger partial charge in [-0.3, -0.25) is 4.79 Å². The molecular formula is C21H27N3O2. The van der Waals surface area contributed by atoms with Gasteiger partial charge in [-0.15, -0.1) is 0 Å². The molecule has 5 heteroatoms. The predicted molar refractivity (Wildman–Crippen MR) is 101 cm³/mol. The molecule has 0 radical (unpaired) electrons. The van der Waals surface area contributed by atoms with Gasteiger partial charge in [0.2, 0.25) is 11.8 Å². The van der Waals surface area contributed by atoms with Crippen molar-refractivity contribution in [3.8, 4) is 11.6 Å². The standard InChI is InChI=1S/C21H27N3O2/c1-16(2)15-26-20-13-18(23-21(25)17-9-5-3-6-10-17)14-22-24(20)19-11-7-4-8-12-19/h4,7-8,11-14,16-17H,3,5-6,9-10,15H2,1-2H3. The summed E-state index contributed by atoms with van der Waals surface area (Å²) in [5, 5.41) is 5.03. The third-order valence-corrected chi connectivity index (χ3v) is 4.54. The Morgan fingerprint density at radius 3 is 2.65 bits per heavy atom. The molecule has 1 aromatic heterocycles. The van der Waals surface area contributed by atoms with Gasteiger partial charge in [0, 0.05) is 12.0 Å². The van der Waals surface area contributed by atoms with E-state index in [2.05, 4.69) is 23.9 Å². The van der Waals surface area contributed by atoms with E-state index in [1.54, 1.807) is 10.9 Å². The number of ether oxygens (including phenoxy) is 1. The number of rotatable bonds is 5. The van der Waals surface area contributed by atoms with Crippen molar-refractivity contribution < 1.29 is 9.53 Å². The van der Waals surface area contributed by atoms with Crippen molar-refractivity contribution in [3.05, 3.63) is 48.0 Å². The van der Waals surface area contributed by atoms with E-state index >= 15 is 0 Å². The van der Waals surface area contributed by atoms with E-state index in [0.717, 1.165) is 31.4 Å². The van der Waals surface area contributed by atoms with Crippen LogP contribution in [0, 0.1) is 11.8 Å². The van der Waals surface area contributed by atoms with Crippen molar-refractivity contribution in [2.75, 3.05) is 6.61 Å². The SMILES string of the molecule is CC(C)COc1cc(=NC(=O)C2CCCCC2)cnn1-c1ccccc1. The van der Waals surface area contributed by atoms with Gasteiger partial charge < -0.3 is 4.74 Å². The van der Waals surface area contributed by atoms with Crippen molar-refractivity contribution in [2.24, 2.45) is 16.8 Å². The predicted octanol–water partition coefficient (Wildman–Crippen LogP) is 3.91. The number of hydrogen-bond donors (Lipinski definition) is 0. The largest absolute Gasteiger partial charge is 0.477 e. The van der Waals surface area contributed by atoms with Crippen LogP contribution in [0.5, 0.6) is 5.88 Å². The Bertz CT molecular complexity index is 790. The second kappa shape index (κ2) is 8.79. The Hall–Kier alpha value is -2.43. The van der Waals surface area contributed by atoms with Crippen LogP contribution in [0.3, 0.4) is 0 Å². The number of nitrogens with zero attached hydrogens (tertiary/aromatic N) is 3. The van der Waals surface area contributed by atoms with Crippen LogP contribution in [0.1, 0.15) is 46.0 Å². The van der Waals surface area contributed by atoms with Crippen LogP contribution in [0.15, 0.2) is 47.6 Å². The van der Waals surface area contributed by atoms with Crippen LogP contribution in [0.4, 0.5) is 0 Å². The number of carbonyl (C=O) groups excluding carboxylic acids is 1. The molecule has 1 heterocycles. The fourth-order valence-electron chi connectivity index (χ4n) is 3.15. The Morgan fingerprint density at radius 2 is 1.96 bits per heavy atom. The molecule has 0 bridgehead atoms. The lowest BCUT2D eigenvalue weighted by Gasteiger charge is -2.18. The molecular weight excluding hydrogens is 326 g/mol. The van der Waals surface area contributed by atoms with Gasteiger partial charge in [0.25, 0.3) is 0 Å². The van der Waals surface area contributed by atoms with E-state index < -0.39 is 0 Å². The van der Waals surface area contributed by atoms with Gasteiger partial charge in [-0.2, -0.15) is 5.10 Å². The molecule has 1 aliphatic rings. The minimum atomic E-state index is -0.0289. The number of hydrogen-bond acceptors (Lipinski definition) is 3. The van der Waals surface area contributed by atoms with Gasteiger partial charge in [0.1, 0.15) is 0 Å². The maximum absolute atomic E-state index is 12.5. The van der Waals surface area contributed by atoms with Crippen molar-refractivity contribution >= 4 is 5.91 Å². The first-order valence-corrected chi connectivity index (χ1v) is 9.49. The normalized spacial score (nSPS) is 16.0. The zero-order valence-corrected chi connectivity index (χ0v) is 15.6. The summed E-state index contributed by atoms with van der Waals surface area (Å²) in [7, 11) is 0. The Morgan fingerprint density at radius 1 is 1.23 bits per heavy atom. The smallest absolute Gasteiger partial charge is 0.249 e. The summed E-state index contributed by atoms with van der Waals surface area (Å²) in [5.74, 6) is 1.02. The molecule has 1 saturated carbocycles. The van der Waals surface area contributed by atoms with E-state index in [1.807, 2.05) is 36.4 Å². The molecule has 0 saturated heterocycles. The first kappa shape index (κ1) is 18.4. The molecule has 0 unspecified atom stereocenters. The topological polar surface area (TPSA) is 56.5 Å². The Balaban J connectivity index is 1.90. The average Bonchev–Trinajstić information content (AvgIpc) is 2.68. The van der Waals surface area contributed by atoms with E-state index in [0.29, 0.717) is 23.8 Å². The molecule has 3 rings (SSSR count). The monoisotopic (exact) mass is 353 g/mol. The van der Waals surface area contributed by atoms with Gasteiger partial charge in [-0.25, -0.2) is 9.67 Å². The molecule has 1 aromatic carbocycles. The fourth-order valence-corrected chi connectivity index (χ4v) is 3.15. The molecule has 2 aromatic rings. The van der Waals surface area contributed by atoms with Gasteiger partial charge >= 0.3 is 0 Å². The second-order valence-electron chi connectivity index (χ2n) is 7.29. The minimum absolute atomic E-state index is 0.0289. The summed E-state index contributed by atoms with van der Waals surface area (Å²) in [6.07, 6.45) is 7.00. The number of benzene rings is 1. The van der Waals surface area contributed by atoms with Crippen LogP contribution in [-0.2, 0) is 4.79 Å². The highest BCUT2D eigenvalue weighted by Crippen LogP contribution is 2.24. The van der Waals surface area contributed by atoms with Gasteiger partial charge in [-0.1, -0.05) is 51.3 Å². The second-order valence-corrected chi connectivity index (χ2v) is 7.29. The Kier molecular flexibility index (Phi) is 6.21. The summed E-state index contributed by atoms with van der Waals surface area (Å²) in [5.41, 5.74) is 0.913. The highest BCUT2D eigenvalue weighted by Gasteiger charge is 2.20. The van der Waals surface area contributed by atoms with Gasteiger partial charge in [0.05, 0.1) is 23.8 Å². The maximum atomic E-state index is 12.5. The molecule has 5 nitrogen and oxygen atoms in total. The third kappa shape index (κ3) is 4.81. The van der Waals surface area contributed by atoms with Crippen LogP contribution in [-0.4, -0.2) is 22.3 Å². The summed E-state index contributed by atoms with van der Waals surface area (Å²) in [6, 6.07) is 11.6. The first-order valence-electron chi connectivity index (χ1n) is 9.49. The van der Waals surface area contributed by atoms with Crippen LogP contribution in [0.2, 0.25) is 0 Å². The van der Waals surface area contributed by atoms with Crippen LogP contribution >= 0.6 is 0 Å². The van der Waals surface area contributed by atoms with E-state index in [4.69, 9.17) is 4.74 Å². The summed E-state index contributed by atoms with van der Waals surface area (Å²) in [6.45, 7) is 4.77.